The Morgan fingerprint density at radius 1 is 1.26 bits per heavy atom. The normalized spacial score (nSPS) is 23.8. The number of nitrogens with one attached hydrogen (secondary N) is 2. The van der Waals surface area contributed by atoms with Gasteiger partial charge in [0.15, 0.2) is 0 Å². The molecule has 0 spiro atoms. The molecule has 2 atom stereocenters. The number of carbonyl (C=O) groups excluding carboxylic acids is 1. The van der Waals surface area contributed by atoms with Gasteiger partial charge in [0.25, 0.3) is 5.91 Å². The predicted molar refractivity (Wildman–Crippen MR) is 125 cm³/mol. The number of fused-ring (bicyclic) bond motifs is 4. The molecule has 0 saturated carbocycles. The second-order valence-electron chi connectivity index (χ2n) is 8.12. The van der Waals surface area contributed by atoms with E-state index in [1.54, 1.807) is 19.2 Å². The molecule has 0 fully saturated rings. The SMILES string of the molecule is CC=C1C2C=C(C)CC1(N=CC=Cc1ccccc1C(=O)NC)c1ccc(=O)[nH]c1C2. The van der Waals surface area contributed by atoms with Crippen LogP contribution in [0.3, 0.4) is 0 Å². The molecule has 0 radical (unpaired) electrons. The largest absolute Gasteiger partial charge is 0.355 e. The number of aromatic nitrogens is 1. The van der Waals surface area contributed by atoms with Crippen molar-refractivity contribution in [3.63, 3.8) is 0 Å². The van der Waals surface area contributed by atoms with Crippen molar-refractivity contribution in [2.24, 2.45) is 10.9 Å². The number of nitrogens with zero attached hydrogens (tertiary/aromatic N) is 1. The van der Waals surface area contributed by atoms with E-state index in [1.807, 2.05) is 42.6 Å². The van der Waals surface area contributed by atoms with Crippen LogP contribution in [0.4, 0.5) is 0 Å². The van der Waals surface area contributed by atoms with Gasteiger partial charge in [-0.25, -0.2) is 0 Å². The molecule has 0 saturated heterocycles. The second kappa shape index (κ2) is 8.34. The number of H-pyrrole nitrogens is 1. The lowest BCUT2D eigenvalue weighted by Crippen LogP contribution is -2.40. The van der Waals surface area contributed by atoms with Crippen LogP contribution in [0.25, 0.3) is 6.08 Å². The molecule has 2 bridgehead atoms. The highest BCUT2D eigenvalue weighted by molar-refractivity contribution is 5.98. The zero-order chi connectivity index (χ0) is 22.0. The van der Waals surface area contributed by atoms with E-state index < -0.39 is 5.54 Å². The Kier molecular flexibility index (Phi) is 5.59. The molecule has 2 aliphatic rings. The van der Waals surface area contributed by atoms with Gasteiger partial charge >= 0.3 is 0 Å². The molecule has 2 aromatic rings. The summed E-state index contributed by atoms with van der Waals surface area (Å²) in [4.78, 5) is 32.2. The molecule has 5 nitrogen and oxygen atoms in total. The summed E-state index contributed by atoms with van der Waals surface area (Å²) < 4.78 is 0. The number of aliphatic imine (C=N–C) groups is 1. The fraction of sp³-hybridized carbons (Fsp3) is 0.269. The number of pyridine rings is 1. The summed E-state index contributed by atoms with van der Waals surface area (Å²) in [5.74, 6) is 0.118. The van der Waals surface area contributed by atoms with E-state index in [0.29, 0.717) is 5.56 Å². The molecule has 1 aromatic heterocycles. The molecule has 0 aliphatic heterocycles. The van der Waals surface area contributed by atoms with Crippen LogP contribution in [0, 0.1) is 5.92 Å². The smallest absolute Gasteiger partial charge is 0.251 e. The number of hydrogen-bond donors (Lipinski definition) is 2. The van der Waals surface area contributed by atoms with Gasteiger partial charge in [-0.2, -0.15) is 0 Å². The van der Waals surface area contributed by atoms with E-state index in [-0.39, 0.29) is 17.4 Å². The van der Waals surface area contributed by atoms with Gasteiger partial charge < -0.3 is 10.3 Å². The van der Waals surface area contributed by atoms with Gasteiger partial charge in [-0.3, -0.25) is 14.6 Å². The monoisotopic (exact) mass is 413 g/mol. The third kappa shape index (κ3) is 3.72. The molecular formula is C26H27N3O2. The highest BCUT2D eigenvalue weighted by atomic mass is 16.1. The number of benzene rings is 1. The average molecular weight is 414 g/mol. The molecule has 4 rings (SSSR count). The zero-order valence-electron chi connectivity index (χ0n) is 18.1. The topological polar surface area (TPSA) is 74.3 Å². The van der Waals surface area contributed by atoms with Crippen molar-refractivity contribution in [2.75, 3.05) is 7.05 Å². The molecule has 158 valence electrons. The third-order valence-corrected chi connectivity index (χ3v) is 6.17. The van der Waals surface area contributed by atoms with Crippen LogP contribution in [-0.2, 0) is 12.0 Å². The minimum absolute atomic E-state index is 0.0775. The molecule has 2 aliphatic carbocycles. The molecular weight excluding hydrogens is 386 g/mol. The number of amides is 1. The van der Waals surface area contributed by atoms with Crippen LogP contribution in [0.5, 0.6) is 0 Å². The fourth-order valence-corrected chi connectivity index (χ4v) is 4.95. The first-order valence-corrected chi connectivity index (χ1v) is 10.6. The third-order valence-electron chi connectivity index (χ3n) is 6.17. The molecule has 1 amide bonds. The van der Waals surface area contributed by atoms with Crippen LogP contribution in [0.1, 0.15) is 47.4 Å². The maximum Gasteiger partial charge on any atom is 0.251 e. The Bertz CT molecular complexity index is 1200. The minimum Gasteiger partial charge on any atom is -0.355 e. The summed E-state index contributed by atoms with van der Waals surface area (Å²) in [6.07, 6.45) is 11.6. The molecule has 31 heavy (non-hydrogen) atoms. The zero-order valence-corrected chi connectivity index (χ0v) is 18.1. The lowest BCUT2D eigenvalue weighted by molar-refractivity contribution is 0.0963. The van der Waals surface area contributed by atoms with Crippen LogP contribution in [0.2, 0.25) is 0 Å². The first-order valence-electron chi connectivity index (χ1n) is 10.6. The fourth-order valence-electron chi connectivity index (χ4n) is 4.95. The van der Waals surface area contributed by atoms with E-state index in [2.05, 4.69) is 36.3 Å². The molecule has 1 aromatic carbocycles. The highest BCUT2D eigenvalue weighted by Gasteiger charge is 2.46. The van der Waals surface area contributed by atoms with E-state index in [4.69, 9.17) is 4.99 Å². The van der Waals surface area contributed by atoms with Crippen molar-refractivity contribution in [1.82, 2.24) is 10.3 Å². The standard InChI is InChI=1S/C26H27N3O2/c1-4-21-19-14-17(2)16-26(21,22-11-12-24(30)29-23(22)15-19)28-13-7-9-18-8-5-6-10-20(18)25(31)27-3/h4-14,19H,15-16H2,1-3H3,(H,27,31)(H,29,30). The van der Waals surface area contributed by atoms with Gasteiger partial charge in [-0.1, -0.05) is 42.0 Å². The molecule has 2 N–H and O–H groups in total. The Morgan fingerprint density at radius 2 is 2.06 bits per heavy atom. The quantitative estimate of drug-likeness (QED) is 0.583. The average Bonchev–Trinajstić information content (AvgIpc) is 2.75. The number of allylic oxidation sites excluding steroid dienone is 3. The number of rotatable bonds is 4. The Morgan fingerprint density at radius 3 is 2.84 bits per heavy atom. The number of carbonyl (C=O) groups is 1. The first kappa shape index (κ1) is 20.8. The van der Waals surface area contributed by atoms with E-state index >= 15 is 0 Å². The summed E-state index contributed by atoms with van der Waals surface area (Å²) in [6.45, 7) is 4.21. The van der Waals surface area contributed by atoms with Crippen molar-refractivity contribution in [3.05, 3.63) is 98.5 Å². The van der Waals surface area contributed by atoms with Gasteiger partial charge in [0.05, 0.1) is 0 Å². The lowest BCUT2D eigenvalue weighted by atomic mass is 9.63. The van der Waals surface area contributed by atoms with Crippen LogP contribution in [0.15, 0.2) is 75.6 Å². The Balaban J connectivity index is 1.75. The summed E-state index contributed by atoms with van der Waals surface area (Å²) in [5.41, 5.74) is 5.48. The van der Waals surface area contributed by atoms with E-state index in [9.17, 15) is 9.59 Å². The van der Waals surface area contributed by atoms with Crippen molar-refractivity contribution in [2.45, 2.75) is 32.2 Å². The van der Waals surface area contributed by atoms with Gasteiger partial charge in [0, 0.05) is 48.5 Å². The summed E-state index contributed by atoms with van der Waals surface area (Å²) in [6, 6.07) is 11.0. The predicted octanol–water partition coefficient (Wildman–Crippen LogP) is 4.18. The summed E-state index contributed by atoms with van der Waals surface area (Å²) >= 11 is 0. The lowest BCUT2D eigenvalue weighted by Gasteiger charge is -2.45. The van der Waals surface area contributed by atoms with Gasteiger partial charge in [-0.05, 0) is 49.6 Å². The van der Waals surface area contributed by atoms with Crippen molar-refractivity contribution >= 4 is 18.2 Å². The van der Waals surface area contributed by atoms with Crippen LogP contribution >= 0.6 is 0 Å². The second-order valence-corrected chi connectivity index (χ2v) is 8.12. The van der Waals surface area contributed by atoms with Gasteiger partial charge in [0.2, 0.25) is 5.56 Å². The summed E-state index contributed by atoms with van der Waals surface area (Å²) in [5, 5.41) is 2.68. The Hall–Kier alpha value is -3.47. The molecule has 2 unspecified atom stereocenters. The summed E-state index contributed by atoms with van der Waals surface area (Å²) in [7, 11) is 1.63. The number of hydrogen-bond acceptors (Lipinski definition) is 3. The van der Waals surface area contributed by atoms with Crippen LogP contribution in [-0.4, -0.2) is 24.2 Å². The first-order chi connectivity index (χ1) is 15.0. The number of aromatic amines is 1. The molecule has 5 heteroatoms. The minimum atomic E-state index is -0.513. The maximum atomic E-state index is 12.1. The maximum absolute atomic E-state index is 12.1. The Labute approximate surface area is 182 Å². The van der Waals surface area contributed by atoms with Crippen molar-refractivity contribution in [1.29, 1.82) is 0 Å². The molecule has 1 heterocycles. The van der Waals surface area contributed by atoms with Crippen molar-refractivity contribution in [3.8, 4) is 0 Å². The van der Waals surface area contributed by atoms with E-state index in [0.717, 1.165) is 29.7 Å². The highest BCUT2D eigenvalue weighted by Crippen LogP contribution is 2.51. The van der Waals surface area contributed by atoms with Gasteiger partial charge in [-0.15, -0.1) is 0 Å². The van der Waals surface area contributed by atoms with E-state index in [1.165, 1.54) is 11.1 Å². The van der Waals surface area contributed by atoms with Gasteiger partial charge in [0.1, 0.15) is 5.54 Å². The van der Waals surface area contributed by atoms with Crippen molar-refractivity contribution < 1.29 is 4.79 Å². The van der Waals surface area contributed by atoms with Crippen LogP contribution < -0.4 is 10.9 Å².